The van der Waals surface area contributed by atoms with Crippen molar-refractivity contribution in [2.75, 3.05) is 26.2 Å². The van der Waals surface area contributed by atoms with Gasteiger partial charge in [0.1, 0.15) is 0 Å². The van der Waals surface area contributed by atoms with Gasteiger partial charge in [-0.3, -0.25) is 0 Å². The van der Waals surface area contributed by atoms with Gasteiger partial charge in [-0.1, -0.05) is 29.8 Å². The molecule has 0 aromatic heterocycles. The van der Waals surface area contributed by atoms with E-state index in [2.05, 4.69) is 11.0 Å². The minimum absolute atomic E-state index is 0.0202. The lowest BCUT2D eigenvalue weighted by atomic mass is 9.83. The Morgan fingerprint density at radius 3 is 2.66 bits per heavy atom. The molecule has 2 heterocycles. The topological polar surface area (TPSA) is 79.0 Å². The van der Waals surface area contributed by atoms with Crippen LogP contribution in [-0.4, -0.2) is 47.4 Å². The van der Waals surface area contributed by atoms with Crippen molar-refractivity contribution in [3.05, 3.63) is 58.1 Å². The van der Waals surface area contributed by atoms with Crippen LogP contribution in [0.15, 0.2) is 36.4 Å². The molecule has 0 spiro atoms. The molecule has 0 aliphatic carbocycles. The highest BCUT2D eigenvalue weighted by Crippen LogP contribution is 2.42. The van der Waals surface area contributed by atoms with Gasteiger partial charge in [0.15, 0.2) is 11.5 Å². The Bertz CT molecular complexity index is 852. The summed E-state index contributed by atoms with van der Waals surface area (Å²) in [5, 5.41) is 21.0. The van der Waals surface area contributed by atoms with Gasteiger partial charge in [0.2, 0.25) is 0 Å². The molecule has 0 unspecified atom stereocenters. The van der Waals surface area contributed by atoms with Crippen LogP contribution in [-0.2, 0) is 17.6 Å². The Balaban J connectivity index is 1.35. The standard InChI is InChI=1S/C23H29ClN2O3/c24-17-3-1-2-15(12-17)6-9-26-10-7-16(8-11-26)21-13-19-18(22(14-25)29-21)4-5-20(27)23(19)28/h1-5,12,16,21-22,27-28H,6-11,13-14,25H2/t21-,22-/m0/s1. The van der Waals surface area contributed by atoms with Crippen LogP contribution in [0.2, 0.25) is 5.02 Å². The molecular weight excluding hydrogens is 388 g/mol. The maximum Gasteiger partial charge on any atom is 0.161 e. The fourth-order valence-electron chi connectivity index (χ4n) is 4.68. The molecule has 1 saturated heterocycles. The second-order valence-electron chi connectivity index (χ2n) is 8.16. The highest BCUT2D eigenvalue weighted by molar-refractivity contribution is 6.30. The highest BCUT2D eigenvalue weighted by Gasteiger charge is 2.35. The first-order chi connectivity index (χ1) is 14.0. The summed E-state index contributed by atoms with van der Waals surface area (Å²) in [6.45, 7) is 3.47. The molecule has 0 bridgehead atoms. The van der Waals surface area contributed by atoms with E-state index in [1.165, 1.54) is 11.6 Å². The van der Waals surface area contributed by atoms with Crippen molar-refractivity contribution < 1.29 is 14.9 Å². The summed E-state index contributed by atoms with van der Waals surface area (Å²) in [6, 6.07) is 11.4. The van der Waals surface area contributed by atoms with Gasteiger partial charge >= 0.3 is 0 Å². The van der Waals surface area contributed by atoms with E-state index in [0.29, 0.717) is 18.9 Å². The van der Waals surface area contributed by atoms with Crippen LogP contribution in [0, 0.1) is 5.92 Å². The van der Waals surface area contributed by atoms with Crippen molar-refractivity contribution in [3.8, 4) is 11.5 Å². The number of piperidine rings is 1. The third kappa shape index (κ3) is 4.53. The second kappa shape index (κ2) is 8.92. The second-order valence-corrected chi connectivity index (χ2v) is 8.60. The summed E-state index contributed by atoms with van der Waals surface area (Å²) in [7, 11) is 0. The summed E-state index contributed by atoms with van der Waals surface area (Å²) in [5.41, 5.74) is 8.90. The van der Waals surface area contributed by atoms with Gasteiger partial charge in [0, 0.05) is 30.1 Å². The smallest absolute Gasteiger partial charge is 0.161 e. The van der Waals surface area contributed by atoms with Gasteiger partial charge in [-0.25, -0.2) is 0 Å². The predicted molar refractivity (Wildman–Crippen MR) is 114 cm³/mol. The van der Waals surface area contributed by atoms with Crippen molar-refractivity contribution in [2.45, 2.75) is 37.9 Å². The van der Waals surface area contributed by atoms with E-state index >= 15 is 0 Å². The normalized spacial score (nSPS) is 23.1. The molecule has 4 N–H and O–H groups in total. The molecule has 2 atom stereocenters. The Morgan fingerprint density at radius 1 is 1.14 bits per heavy atom. The molecule has 29 heavy (non-hydrogen) atoms. The van der Waals surface area contributed by atoms with E-state index in [-0.39, 0.29) is 23.7 Å². The van der Waals surface area contributed by atoms with Crippen molar-refractivity contribution in [1.29, 1.82) is 0 Å². The molecule has 2 aliphatic heterocycles. The van der Waals surface area contributed by atoms with Crippen LogP contribution in [0.3, 0.4) is 0 Å². The van der Waals surface area contributed by atoms with Gasteiger partial charge in [-0.15, -0.1) is 0 Å². The average molecular weight is 417 g/mol. The van der Waals surface area contributed by atoms with E-state index in [4.69, 9.17) is 22.1 Å². The third-order valence-electron chi connectivity index (χ3n) is 6.37. The molecule has 2 aromatic carbocycles. The molecule has 6 heteroatoms. The summed E-state index contributed by atoms with van der Waals surface area (Å²) in [5.74, 6) is 0.339. The minimum atomic E-state index is -0.226. The molecule has 2 aliphatic rings. The Morgan fingerprint density at radius 2 is 1.93 bits per heavy atom. The minimum Gasteiger partial charge on any atom is -0.504 e. The van der Waals surface area contributed by atoms with Gasteiger partial charge in [-0.2, -0.15) is 0 Å². The zero-order valence-electron chi connectivity index (χ0n) is 16.6. The monoisotopic (exact) mass is 416 g/mol. The molecule has 1 fully saturated rings. The van der Waals surface area contributed by atoms with Crippen molar-refractivity contribution in [3.63, 3.8) is 0 Å². The number of halogens is 1. The number of fused-ring (bicyclic) bond motifs is 1. The number of nitrogens with two attached hydrogens (primary N) is 1. The molecular formula is C23H29ClN2O3. The van der Waals surface area contributed by atoms with Crippen molar-refractivity contribution in [1.82, 2.24) is 4.90 Å². The van der Waals surface area contributed by atoms with Crippen LogP contribution in [0.1, 0.15) is 35.6 Å². The first kappa shape index (κ1) is 20.5. The number of hydrogen-bond acceptors (Lipinski definition) is 5. The molecule has 0 saturated carbocycles. The number of benzene rings is 2. The largest absolute Gasteiger partial charge is 0.504 e. The van der Waals surface area contributed by atoms with Crippen LogP contribution in [0.5, 0.6) is 11.5 Å². The Kier molecular flexibility index (Phi) is 6.30. The van der Waals surface area contributed by atoms with Crippen molar-refractivity contribution >= 4 is 11.6 Å². The summed E-state index contributed by atoms with van der Waals surface area (Å²) >= 11 is 6.08. The SMILES string of the molecule is NC[C@@H]1O[C@H](C2CCN(CCc3cccc(Cl)c3)CC2)Cc2c1ccc(O)c2O. The fourth-order valence-corrected chi connectivity index (χ4v) is 4.89. The number of nitrogens with zero attached hydrogens (tertiary/aromatic N) is 1. The van der Waals surface area contributed by atoms with Crippen LogP contribution in [0.25, 0.3) is 0 Å². The molecule has 0 amide bonds. The molecule has 2 aromatic rings. The number of rotatable bonds is 5. The number of phenols is 2. The number of phenolic OH excluding ortho intramolecular Hbond substituents is 2. The zero-order chi connectivity index (χ0) is 20.4. The summed E-state index contributed by atoms with van der Waals surface area (Å²) in [4.78, 5) is 2.50. The quantitative estimate of drug-likeness (QED) is 0.648. The third-order valence-corrected chi connectivity index (χ3v) is 6.60. The van der Waals surface area contributed by atoms with Gasteiger partial charge < -0.3 is 25.6 Å². The maximum absolute atomic E-state index is 10.3. The Labute approximate surface area is 177 Å². The first-order valence-corrected chi connectivity index (χ1v) is 10.8. The number of aromatic hydroxyl groups is 2. The number of ether oxygens (including phenoxy) is 1. The molecule has 156 valence electrons. The molecule has 4 rings (SSSR count). The first-order valence-electron chi connectivity index (χ1n) is 10.4. The number of hydrogen-bond donors (Lipinski definition) is 3. The average Bonchev–Trinajstić information content (AvgIpc) is 2.74. The van der Waals surface area contributed by atoms with E-state index < -0.39 is 0 Å². The van der Waals surface area contributed by atoms with Crippen molar-refractivity contribution in [2.24, 2.45) is 11.7 Å². The van der Waals surface area contributed by atoms with Gasteiger partial charge in [0.05, 0.1) is 12.2 Å². The Hall–Kier alpha value is -1.79. The zero-order valence-corrected chi connectivity index (χ0v) is 17.3. The van der Waals surface area contributed by atoms with E-state index in [9.17, 15) is 10.2 Å². The van der Waals surface area contributed by atoms with E-state index in [1.807, 2.05) is 24.3 Å². The van der Waals surface area contributed by atoms with E-state index in [0.717, 1.165) is 55.0 Å². The van der Waals surface area contributed by atoms with E-state index in [1.54, 1.807) is 0 Å². The lowest BCUT2D eigenvalue weighted by molar-refractivity contribution is -0.0646. The van der Waals surface area contributed by atoms with Crippen LogP contribution in [0.4, 0.5) is 0 Å². The highest BCUT2D eigenvalue weighted by atomic mass is 35.5. The lowest BCUT2D eigenvalue weighted by Gasteiger charge is -2.40. The van der Waals surface area contributed by atoms with Gasteiger partial charge in [0.25, 0.3) is 0 Å². The van der Waals surface area contributed by atoms with Crippen LogP contribution < -0.4 is 5.73 Å². The summed E-state index contributed by atoms with van der Waals surface area (Å²) in [6.07, 6.45) is 3.55. The molecule has 5 nitrogen and oxygen atoms in total. The maximum atomic E-state index is 10.3. The number of likely N-dealkylation sites (tertiary alicyclic amines) is 1. The fraction of sp³-hybridized carbons (Fsp3) is 0.478. The molecule has 0 radical (unpaired) electrons. The summed E-state index contributed by atoms with van der Waals surface area (Å²) < 4.78 is 6.32. The predicted octanol–water partition coefficient (Wildman–Crippen LogP) is 3.65. The lowest BCUT2D eigenvalue weighted by Crippen LogP contribution is -2.42. The van der Waals surface area contributed by atoms with Gasteiger partial charge in [-0.05, 0) is 67.6 Å². The van der Waals surface area contributed by atoms with Crippen LogP contribution >= 0.6 is 11.6 Å².